The number of hydrogen-bond acceptors (Lipinski definition) is 9. The van der Waals surface area contributed by atoms with Gasteiger partial charge in [0.25, 0.3) is 0 Å². The quantitative estimate of drug-likeness (QED) is 0.759. The van der Waals surface area contributed by atoms with Crippen LogP contribution in [0.2, 0.25) is 0 Å². The second-order valence-electron chi connectivity index (χ2n) is 6.32. The lowest BCUT2D eigenvalue weighted by atomic mass is 9.78. The minimum absolute atomic E-state index is 0.0900. The van der Waals surface area contributed by atoms with E-state index in [1.54, 1.807) is 16.2 Å². The van der Waals surface area contributed by atoms with E-state index in [4.69, 9.17) is 5.73 Å². The van der Waals surface area contributed by atoms with Crippen molar-refractivity contribution in [3.05, 3.63) is 44.6 Å². The highest BCUT2D eigenvalue weighted by Gasteiger charge is 2.41. The van der Waals surface area contributed by atoms with E-state index in [1.807, 2.05) is 25.3 Å². The molecule has 1 atom stereocenters. The van der Waals surface area contributed by atoms with Gasteiger partial charge >= 0.3 is 0 Å². The maximum absolute atomic E-state index is 12.9. The molecule has 2 aromatic heterocycles. The van der Waals surface area contributed by atoms with E-state index < -0.39 is 0 Å². The number of ketones is 1. The van der Waals surface area contributed by atoms with E-state index in [0.717, 1.165) is 32.6 Å². The molecule has 6 nitrogen and oxygen atoms in total. The van der Waals surface area contributed by atoms with Gasteiger partial charge in [-0.25, -0.2) is 0 Å². The second-order valence-corrected chi connectivity index (χ2v) is 9.65. The van der Waals surface area contributed by atoms with Gasteiger partial charge in [-0.15, -0.1) is 21.5 Å². The van der Waals surface area contributed by atoms with Crippen molar-refractivity contribution in [2.75, 3.05) is 11.2 Å². The van der Waals surface area contributed by atoms with Gasteiger partial charge in [0, 0.05) is 27.4 Å². The Kier molecular flexibility index (Phi) is 4.80. The van der Waals surface area contributed by atoms with E-state index in [-0.39, 0.29) is 11.7 Å². The van der Waals surface area contributed by atoms with Crippen LogP contribution in [0, 0.1) is 18.3 Å². The van der Waals surface area contributed by atoms with Crippen LogP contribution >= 0.6 is 34.4 Å². The number of carbonyl (C=O) groups excluding carboxylic acids is 1. The van der Waals surface area contributed by atoms with Crippen LogP contribution in [0.3, 0.4) is 0 Å². The average molecular weight is 416 g/mol. The molecule has 2 aromatic rings. The maximum atomic E-state index is 12.9. The Bertz CT molecular complexity index is 1030. The van der Waals surface area contributed by atoms with Crippen molar-refractivity contribution in [3.8, 4) is 6.07 Å². The number of aromatic nitrogens is 2. The van der Waals surface area contributed by atoms with Gasteiger partial charge in [-0.2, -0.15) is 5.26 Å². The van der Waals surface area contributed by atoms with Crippen molar-refractivity contribution < 1.29 is 4.79 Å². The number of aryl methyl sites for hydroxylation is 1. The number of nitrogens with two attached hydrogens (primary N) is 1. The Hall–Kier alpha value is -2.15. The topological polar surface area (TPSA) is 95.9 Å². The molecule has 0 bridgehead atoms. The summed E-state index contributed by atoms with van der Waals surface area (Å²) in [6, 6.07) is 6.28. The van der Waals surface area contributed by atoms with Gasteiger partial charge in [0.05, 0.1) is 17.6 Å². The van der Waals surface area contributed by atoms with Crippen LogP contribution < -0.4 is 10.6 Å². The molecule has 0 radical (unpaired) electrons. The van der Waals surface area contributed by atoms with Gasteiger partial charge in [0.2, 0.25) is 5.13 Å². The first kappa shape index (κ1) is 18.2. The molecule has 0 spiro atoms. The largest absolute Gasteiger partial charge is 0.384 e. The Morgan fingerprint density at radius 3 is 2.78 bits per heavy atom. The molecule has 2 N–H and O–H groups in total. The summed E-state index contributed by atoms with van der Waals surface area (Å²) in [5, 5.41) is 18.9. The zero-order valence-corrected chi connectivity index (χ0v) is 17.3. The molecular formula is C18H17N5OS3. The molecule has 0 fully saturated rings. The summed E-state index contributed by atoms with van der Waals surface area (Å²) in [6.45, 7) is 2.02. The third-order valence-electron chi connectivity index (χ3n) is 4.72. The summed E-state index contributed by atoms with van der Waals surface area (Å²) >= 11 is 4.52. The summed E-state index contributed by atoms with van der Waals surface area (Å²) < 4.78 is 0.816. The number of thiophene rings is 1. The zero-order valence-electron chi connectivity index (χ0n) is 14.9. The summed E-state index contributed by atoms with van der Waals surface area (Å²) in [5.41, 5.74) is 8.44. The van der Waals surface area contributed by atoms with Gasteiger partial charge in [-0.3, -0.25) is 9.69 Å². The van der Waals surface area contributed by atoms with E-state index in [9.17, 15) is 10.1 Å². The molecule has 2 aliphatic rings. The van der Waals surface area contributed by atoms with Crippen molar-refractivity contribution in [3.63, 3.8) is 0 Å². The molecule has 4 rings (SSSR count). The third kappa shape index (κ3) is 2.98. The summed E-state index contributed by atoms with van der Waals surface area (Å²) in [4.78, 5) is 16.8. The van der Waals surface area contributed by atoms with E-state index in [0.29, 0.717) is 28.5 Å². The Labute approximate surface area is 169 Å². The second kappa shape index (κ2) is 7.11. The fraction of sp³-hybridized carbons (Fsp3) is 0.333. The fourth-order valence-electron chi connectivity index (χ4n) is 3.57. The van der Waals surface area contributed by atoms with Gasteiger partial charge in [-0.1, -0.05) is 23.1 Å². The number of rotatable bonds is 3. The van der Waals surface area contributed by atoms with Crippen LogP contribution in [0.5, 0.6) is 0 Å². The molecule has 0 saturated carbocycles. The number of hydrogen-bond donors (Lipinski definition) is 1. The van der Waals surface area contributed by atoms with Crippen molar-refractivity contribution in [2.45, 2.75) is 36.4 Å². The van der Waals surface area contributed by atoms with E-state index >= 15 is 0 Å². The highest BCUT2D eigenvalue weighted by molar-refractivity contribution is 8.00. The van der Waals surface area contributed by atoms with Crippen molar-refractivity contribution in [1.82, 2.24) is 10.2 Å². The normalized spacial score (nSPS) is 20.1. The molecule has 1 aliphatic heterocycles. The lowest BCUT2D eigenvalue weighted by molar-refractivity contribution is -0.116. The smallest absolute Gasteiger partial charge is 0.219 e. The van der Waals surface area contributed by atoms with Crippen LogP contribution in [0.25, 0.3) is 0 Å². The predicted molar refractivity (Wildman–Crippen MR) is 109 cm³/mol. The number of nitrogens with zero attached hydrogens (tertiary/aromatic N) is 4. The number of carbonyl (C=O) groups is 1. The first-order valence-corrected chi connectivity index (χ1v) is 11.3. The monoisotopic (exact) mass is 415 g/mol. The first-order chi connectivity index (χ1) is 13.0. The molecule has 27 heavy (non-hydrogen) atoms. The molecule has 0 saturated heterocycles. The van der Waals surface area contributed by atoms with Crippen LogP contribution in [-0.4, -0.2) is 22.2 Å². The Balaban J connectivity index is 1.94. The minimum Gasteiger partial charge on any atom is -0.384 e. The van der Waals surface area contributed by atoms with Crippen molar-refractivity contribution >= 4 is 45.4 Å². The molecule has 0 aromatic carbocycles. The molecule has 0 amide bonds. The lowest BCUT2D eigenvalue weighted by Gasteiger charge is -2.37. The van der Waals surface area contributed by atoms with E-state index in [1.165, 1.54) is 23.1 Å². The fourth-order valence-corrected chi connectivity index (χ4v) is 5.87. The predicted octanol–water partition coefficient (Wildman–Crippen LogP) is 3.93. The highest BCUT2D eigenvalue weighted by atomic mass is 32.2. The van der Waals surface area contributed by atoms with Gasteiger partial charge in [0.1, 0.15) is 5.82 Å². The number of nitriles is 1. The minimum atomic E-state index is -0.388. The molecule has 3 heterocycles. The van der Waals surface area contributed by atoms with Gasteiger partial charge in [0.15, 0.2) is 10.1 Å². The molecule has 138 valence electrons. The summed E-state index contributed by atoms with van der Waals surface area (Å²) in [5.74, 6) is 0.0543. The average Bonchev–Trinajstić information content (AvgIpc) is 3.30. The SMILES string of the molecule is CSc1nnc(N2C(N)=C(C#N)C(c3ccc(C)s3)C3=C2CCCC3=O)s1. The third-order valence-corrected chi connectivity index (χ3v) is 7.67. The van der Waals surface area contributed by atoms with E-state index in [2.05, 4.69) is 16.3 Å². The first-order valence-electron chi connectivity index (χ1n) is 8.45. The number of allylic oxidation sites excluding steroid dienone is 3. The van der Waals surface area contributed by atoms with Crippen LogP contribution in [0.1, 0.15) is 34.9 Å². The number of anilines is 1. The van der Waals surface area contributed by atoms with Crippen molar-refractivity contribution in [1.29, 1.82) is 5.26 Å². The standard InChI is InChI=1S/C18H17N5OS3/c1-9-6-7-13(26-9)14-10(8-19)16(20)23(17-21-22-18(25-2)27-17)11-4-3-5-12(24)15(11)14/h6-7,14H,3-5,20H2,1-2H3. The zero-order chi connectivity index (χ0) is 19.1. The van der Waals surface area contributed by atoms with Gasteiger partial charge in [-0.05, 0) is 38.2 Å². The number of Topliss-reactive ketones (excluding diaryl/α,β-unsaturated/α-hetero) is 1. The highest BCUT2D eigenvalue weighted by Crippen LogP contribution is 2.48. The molecule has 1 aliphatic carbocycles. The van der Waals surface area contributed by atoms with Crippen LogP contribution in [0.4, 0.5) is 5.13 Å². The lowest BCUT2D eigenvalue weighted by Crippen LogP contribution is -2.38. The van der Waals surface area contributed by atoms with Crippen molar-refractivity contribution in [2.24, 2.45) is 5.73 Å². The number of thioether (sulfide) groups is 1. The van der Waals surface area contributed by atoms with Crippen LogP contribution in [-0.2, 0) is 4.79 Å². The summed E-state index contributed by atoms with van der Waals surface area (Å²) in [6.07, 6.45) is 3.94. The molecule has 9 heteroatoms. The summed E-state index contributed by atoms with van der Waals surface area (Å²) in [7, 11) is 0. The van der Waals surface area contributed by atoms with Crippen LogP contribution in [0.15, 0.2) is 39.1 Å². The molecular weight excluding hydrogens is 398 g/mol. The Morgan fingerprint density at radius 2 is 2.15 bits per heavy atom. The Morgan fingerprint density at radius 1 is 1.33 bits per heavy atom. The maximum Gasteiger partial charge on any atom is 0.219 e. The van der Waals surface area contributed by atoms with Gasteiger partial charge < -0.3 is 5.73 Å². The molecule has 1 unspecified atom stereocenters.